The zero-order valence-electron chi connectivity index (χ0n) is 14.9. The van der Waals surface area contributed by atoms with Gasteiger partial charge in [-0.1, -0.05) is 12.1 Å². The van der Waals surface area contributed by atoms with Gasteiger partial charge >= 0.3 is 0 Å². The number of anilines is 2. The molecule has 0 aliphatic heterocycles. The highest BCUT2D eigenvalue weighted by molar-refractivity contribution is 6.08. The number of Topliss-reactive ketones (excluding diaryl/α,β-unsaturated/α-hetero) is 1. The molecule has 2 aromatic carbocycles. The van der Waals surface area contributed by atoms with Gasteiger partial charge in [-0.2, -0.15) is 0 Å². The van der Waals surface area contributed by atoms with Crippen molar-refractivity contribution >= 4 is 29.0 Å². The Morgan fingerprint density at radius 1 is 0.821 bits per heavy atom. The molecule has 0 saturated heterocycles. The van der Waals surface area contributed by atoms with Crippen molar-refractivity contribution in [1.29, 1.82) is 0 Å². The summed E-state index contributed by atoms with van der Waals surface area (Å²) in [7, 11) is 0. The number of amides is 2. The number of carbonyl (C=O) groups excluding carboxylic acids is 3. The zero-order chi connectivity index (χ0) is 20.1. The Kier molecular flexibility index (Phi) is 5.55. The first kappa shape index (κ1) is 18.9. The summed E-state index contributed by atoms with van der Waals surface area (Å²) in [6, 6.07) is 14.7. The molecule has 0 unspecified atom stereocenters. The molecule has 0 aliphatic carbocycles. The molecule has 3 aromatic rings. The van der Waals surface area contributed by atoms with Crippen LogP contribution in [-0.4, -0.2) is 22.6 Å². The summed E-state index contributed by atoms with van der Waals surface area (Å²) in [5.41, 5.74) is 1.61. The Bertz CT molecular complexity index is 1050. The topological polar surface area (TPSA) is 88.2 Å². The Morgan fingerprint density at radius 2 is 1.54 bits per heavy atom. The molecule has 6 nitrogen and oxygen atoms in total. The van der Waals surface area contributed by atoms with Crippen LogP contribution in [0, 0.1) is 5.82 Å². The van der Waals surface area contributed by atoms with Gasteiger partial charge in [0, 0.05) is 28.7 Å². The highest BCUT2D eigenvalue weighted by Crippen LogP contribution is 2.14. The third-order valence-corrected chi connectivity index (χ3v) is 3.88. The lowest BCUT2D eigenvalue weighted by molar-refractivity contribution is 0.100. The highest BCUT2D eigenvalue weighted by Gasteiger charge is 2.13. The molecular weight excluding hydrogens is 361 g/mol. The van der Waals surface area contributed by atoms with Crippen molar-refractivity contribution < 1.29 is 18.8 Å². The van der Waals surface area contributed by atoms with Gasteiger partial charge in [0.05, 0.1) is 0 Å². The second-order valence-corrected chi connectivity index (χ2v) is 5.98. The van der Waals surface area contributed by atoms with E-state index in [4.69, 9.17) is 0 Å². The molecule has 0 spiro atoms. The van der Waals surface area contributed by atoms with Crippen LogP contribution in [0.3, 0.4) is 0 Å². The molecule has 0 fully saturated rings. The summed E-state index contributed by atoms with van der Waals surface area (Å²) in [6.07, 6.45) is 1.35. The number of rotatable bonds is 5. The van der Waals surface area contributed by atoms with E-state index in [1.165, 1.54) is 49.5 Å². The normalized spacial score (nSPS) is 10.2. The molecule has 28 heavy (non-hydrogen) atoms. The molecular formula is C21H16FN3O3. The summed E-state index contributed by atoms with van der Waals surface area (Å²) in [6.45, 7) is 1.44. The third-order valence-electron chi connectivity index (χ3n) is 3.88. The van der Waals surface area contributed by atoms with Crippen molar-refractivity contribution in [3.05, 3.63) is 89.5 Å². The fourth-order valence-electron chi connectivity index (χ4n) is 2.44. The number of aromatic nitrogens is 1. The predicted molar refractivity (Wildman–Crippen MR) is 103 cm³/mol. The molecule has 0 bridgehead atoms. The second-order valence-electron chi connectivity index (χ2n) is 5.98. The molecule has 2 amide bonds. The van der Waals surface area contributed by atoms with E-state index in [1.54, 1.807) is 24.3 Å². The van der Waals surface area contributed by atoms with Gasteiger partial charge in [0.15, 0.2) is 5.78 Å². The van der Waals surface area contributed by atoms with E-state index in [0.717, 1.165) is 0 Å². The quantitative estimate of drug-likeness (QED) is 0.660. The minimum absolute atomic E-state index is 0.0417. The minimum atomic E-state index is -0.517. The molecule has 7 heteroatoms. The van der Waals surface area contributed by atoms with Gasteiger partial charge in [0.25, 0.3) is 11.8 Å². The zero-order valence-corrected chi connectivity index (χ0v) is 14.9. The van der Waals surface area contributed by atoms with Crippen LogP contribution in [0.4, 0.5) is 15.8 Å². The van der Waals surface area contributed by atoms with Crippen LogP contribution >= 0.6 is 0 Å². The van der Waals surface area contributed by atoms with Crippen molar-refractivity contribution in [2.24, 2.45) is 0 Å². The van der Waals surface area contributed by atoms with E-state index in [0.29, 0.717) is 16.9 Å². The molecule has 2 N–H and O–H groups in total. The summed E-state index contributed by atoms with van der Waals surface area (Å²) in [5.74, 6) is -1.50. The maximum atomic E-state index is 13.0. The molecule has 1 heterocycles. The van der Waals surface area contributed by atoms with Gasteiger partial charge in [0.2, 0.25) is 0 Å². The smallest absolute Gasteiger partial charge is 0.274 e. The lowest BCUT2D eigenvalue weighted by Gasteiger charge is -2.08. The number of ketones is 1. The van der Waals surface area contributed by atoms with Gasteiger partial charge < -0.3 is 10.6 Å². The first-order valence-corrected chi connectivity index (χ1v) is 8.38. The fraction of sp³-hybridized carbons (Fsp3) is 0.0476. The Hall–Kier alpha value is -3.87. The number of carbonyl (C=O) groups is 3. The van der Waals surface area contributed by atoms with Crippen molar-refractivity contribution in [2.75, 3.05) is 10.6 Å². The fourth-order valence-corrected chi connectivity index (χ4v) is 2.44. The van der Waals surface area contributed by atoms with Gasteiger partial charge in [-0.25, -0.2) is 4.39 Å². The van der Waals surface area contributed by atoms with E-state index in [-0.39, 0.29) is 17.0 Å². The number of hydrogen-bond donors (Lipinski definition) is 2. The van der Waals surface area contributed by atoms with Crippen molar-refractivity contribution in [2.45, 2.75) is 6.92 Å². The van der Waals surface area contributed by atoms with Crippen LogP contribution in [-0.2, 0) is 0 Å². The Balaban J connectivity index is 1.74. The van der Waals surface area contributed by atoms with Gasteiger partial charge in [-0.05, 0) is 55.5 Å². The average molecular weight is 377 g/mol. The standard InChI is InChI=1S/C21H16FN3O3/c1-13(26)14-3-2-4-18(11-14)25-21(28)19-12-15(9-10-23-19)20(27)24-17-7-5-16(22)6-8-17/h2-12H,1H3,(H,24,27)(H,25,28). The summed E-state index contributed by atoms with van der Waals surface area (Å²) >= 11 is 0. The number of halogens is 1. The number of nitrogens with one attached hydrogen (secondary N) is 2. The highest BCUT2D eigenvalue weighted by atomic mass is 19.1. The molecule has 0 saturated carbocycles. The van der Waals surface area contributed by atoms with Crippen LogP contribution in [0.5, 0.6) is 0 Å². The second kappa shape index (κ2) is 8.22. The van der Waals surface area contributed by atoms with E-state index < -0.39 is 17.6 Å². The third kappa shape index (κ3) is 4.64. The number of hydrogen-bond acceptors (Lipinski definition) is 4. The predicted octanol–water partition coefficient (Wildman–Crippen LogP) is 3.93. The van der Waals surface area contributed by atoms with E-state index in [9.17, 15) is 18.8 Å². The number of pyridine rings is 1. The van der Waals surface area contributed by atoms with Crippen LogP contribution in [0.2, 0.25) is 0 Å². The SMILES string of the molecule is CC(=O)c1cccc(NC(=O)c2cc(C(=O)Nc3ccc(F)cc3)ccn2)c1. The summed E-state index contributed by atoms with van der Waals surface area (Å²) in [4.78, 5) is 40.2. The monoisotopic (exact) mass is 377 g/mol. The van der Waals surface area contributed by atoms with Crippen LogP contribution in [0.1, 0.15) is 38.1 Å². The largest absolute Gasteiger partial charge is 0.322 e. The molecule has 0 aliphatic rings. The van der Waals surface area contributed by atoms with Gasteiger partial charge in [0.1, 0.15) is 11.5 Å². The lowest BCUT2D eigenvalue weighted by Crippen LogP contribution is -2.17. The molecule has 140 valence electrons. The number of nitrogens with zero attached hydrogens (tertiary/aromatic N) is 1. The Labute approximate surface area is 160 Å². The van der Waals surface area contributed by atoms with Crippen molar-refractivity contribution in [3.8, 4) is 0 Å². The Morgan fingerprint density at radius 3 is 2.25 bits per heavy atom. The maximum Gasteiger partial charge on any atom is 0.274 e. The van der Waals surface area contributed by atoms with Crippen LogP contribution < -0.4 is 10.6 Å². The molecule has 3 rings (SSSR count). The van der Waals surface area contributed by atoms with Crippen LogP contribution in [0.25, 0.3) is 0 Å². The van der Waals surface area contributed by atoms with Crippen molar-refractivity contribution in [3.63, 3.8) is 0 Å². The lowest BCUT2D eigenvalue weighted by atomic mass is 10.1. The van der Waals surface area contributed by atoms with Gasteiger partial charge in [-0.15, -0.1) is 0 Å². The first-order valence-electron chi connectivity index (χ1n) is 8.38. The van der Waals surface area contributed by atoms with Crippen molar-refractivity contribution in [1.82, 2.24) is 4.98 Å². The summed E-state index contributed by atoms with van der Waals surface area (Å²) < 4.78 is 13.0. The van der Waals surface area contributed by atoms with E-state index in [1.807, 2.05) is 0 Å². The van der Waals surface area contributed by atoms with Crippen LogP contribution in [0.15, 0.2) is 66.9 Å². The minimum Gasteiger partial charge on any atom is -0.322 e. The van der Waals surface area contributed by atoms with E-state index >= 15 is 0 Å². The van der Waals surface area contributed by atoms with E-state index in [2.05, 4.69) is 15.6 Å². The average Bonchev–Trinajstić information content (AvgIpc) is 2.70. The maximum absolute atomic E-state index is 13.0. The first-order chi connectivity index (χ1) is 13.4. The summed E-state index contributed by atoms with van der Waals surface area (Å²) in [5, 5.41) is 5.27. The molecule has 0 atom stereocenters. The molecule has 0 radical (unpaired) electrons. The van der Waals surface area contributed by atoms with Gasteiger partial charge in [-0.3, -0.25) is 19.4 Å². The molecule has 1 aromatic heterocycles. The number of benzene rings is 2.